The van der Waals surface area contributed by atoms with Gasteiger partial charge in [-0.1, -0.05) is 43.8 Å². The zero-order valence-electron chi connectivity index (χ0n) is 18.8. The number of nitrogens with zero attached hydrogens (tertiary/aromatic N) is 3. The van der Waals surface area contributed by atoms with Gasteiger partial charge in [-0.25, -0.2) is 0 Å². The highest BCUT2D eigenvalue weighted by atomic mass is 32.2. The standard InChI is InChI=1S/C23H24F3N5O2S/c1-14(2)15-7-9-17(10-8-15)27-21(33)13-34-22-30-29-19(31(22)3)12-20(32)28-18-6-4-5-16(11-18)23(24,25)26/h4-11,14H,12-13H2,1-3H3,(H,27,33)(H,28,32). The van der Waals surface area contributed by atoms with Crippen LogP contribution in [-0.2, 0) is 29.2 Å². The predicted octanol–water partition coefficient (Wildman–Crippen LogP) is 4.87. The second-order valence-corrected chi connectivity index (χ2v) is 8.82. The molecule has 1 heterocycles. The molecule has 0 radical (unpaired) electrons. The van der Waals surface area contributed by atoms with E-state index in [-0.39, 0.29) is 23.8 Å². The van der Waals surface area contributed by atoms with Crippen molar-refractivity contribution in [3.05, 3.63) is 65.5 Å². The smallest absolute Gasteiger partial charge is 0.326 e. The number of aromatic nitrogens is 3. The Morgan fingerprint density at radius 2 is 1.68 bits per heavy atom. The zero-order chi connectivity index (χ0) is 24.9. The number of amides is 2. The molecule has 2 amide bonds. The molecule has 0 saturated carbocycles. The van der Waals surface area contributed by atoms with Crippen LogP contribution in [0, 0.1) is 0 Å². The SMILES string of the molecule is CC(C)c1ccc(NC(=O)CSc2nnc(CC(=O)Nc3cccc(C(F)(F)F)c3)n2C)cc1. The van der Waals surface area contributed by atoms with Gasteiger partial charge < -0.3 is 15.2 Å². The molecule has 0 bridgehead atoms. The Morgan fingerprint density at radius 3 is 2.32 bits per heavy atom. The van der Waals surface area contributed by atoms with Crippen LogP contribution >= 0.6 is 11.8 Å². The summed E-state index contributed by atoms with van der Waals surface area (Å²) in [7, 11) is 1.65. The summed E-state index contributed by atoms with van der Waals surface area (Å²) in [6.45, 7) is 4.18. The molecule has 0 spiro atoms. The summed E-state index contributed by atoms with van der Waals surface area (Å²) in [6, 6.07) is 12.0. The number of carbonyl (C=O) groups is 2. The monoisotopic (exact) mass is 491 g/mol. The summed E-state index contributed by atoms with van der Waals surface area (Å²) in [5, 5.41) is 13.7. The third kappa shape index (κ3) is 6.83. The fourth-order valence-electron chi connectivity index (χ4n) is 3.03. The Balaban J connectivity index is 1.53. The Hall–Kier alpha value is -3.34. The van der Waals surface area contributed by atoms with Crippen molar-refractivity contribution < 1.29 is 22.8 Å². The van der Waals surface area contributed by atoms with Gasteiger partial charge >= 0.3 is 6.18 Å². The van der Waals surface area contributed by atoms with Gasteiger partial charge in [-0.2, -0.15) is 13.2 Å². The van der Waals surface area contributed by atoms with E-state index in [0.717, 1.165) is 23.9 Å². The van der Waals surface area contributed by atoms with E-state index in [1.165, 1.54) is 17.7 Å². The molecule has 0 aliphatic heterocycles. The number of hydrogen-bond acceptors (Lipinski definition) is 5. The number of thioether (sulfide) groups is 1. The van der Waals surface area contributed by atoms with Crippen LogP contribution in [0.2, 0.25) is 0 Å². The highest BCUT2D eigenvalue weighted by Crippen LogP contribution is 2.30. The maximum absolute atomic E-state index is 12.8. The minimum Gasteiger partial charge on any atom is -0.326 e. The fourth-order valence-corrected chi connectivity index (χ4v) is 3.76. The molecule has 0 atom stereocenters. The summed E-state index contributed by atoms with van der Waals surface area (Å²) in [6.07, 6.45) is -4.69. The number of rotatable bonds is 8. The van der Waals surface area contributed by atoms with Gasteiger partial charge in [0.2, 0.25) is 11.8 Å². The zero-order valence-corrected chi connectivity index (χ0v) is 19.6. The summed E-state index contributed by atoms with van der Waals surface area (Å²) < 4.78 is 40.1. The van der Waals surface area contributed by atoms with Gasteiger partial charge in [-0.3, -0.25) is 9.59 Å². The molecule has 3 aromatic rings. The number of nitrogens with one attached hydrogen (secondary N) is 2. The van der Waals surface area contributed by atoms with E-state index in [0.29, 0.717) is 22.6 Å². The van der Waals surface area contributed by atoms with Gasteiger partial charge in [-0.15, -0.1) is 10.2 Å². The molecule has 0 aliphatic rings. The van der Waals surface area contributed by atoms with Gasteiger partial charge in [-0.05, 0) is 41.8 Å². The molecule has 34 heavy (non-hydrogen) atoms. The van der Waals surface area contributed by atoms with Crippen molar-refractivity contribution in [2.75, 3.05) is 16.4 Å². The van der Waals surface area contributed by atoms with Crippen LogP contribution in [0.4, 0.5) is 24.5 Å². The lowest BCUT2D eigenvalue weighted by molar-refractivity contribution is -0.137. The first-order chi connectivity index (χ1) is 16.0. The van der Waals surface area contributed by atoms with E-state index in [4.69, 9.17) is 0 Å². The van der Waals surface area contributed by atoms with E-state index < -0.39 is 17.6 Å². The molecular weight excluding hydrogens is 467 g/mol. The minimum absolute atomic E-state index is 0.0367. The average Bonchev–Trinajstić information content (AvgIpc) is 3.11. The van der Waals surface area contributed by atoms with E-state index in [9.17, 15) is 22.8 Å². The van der Waals surface area contributed by atoms with Crippen molar-refractivity contribution in [3.63, 3.8) is 0 Å². The highest BCUT2D eigenvalue weighted by molar-refractivity contribution is 7.99. The number of anilines is 2. The van der Waals surface area contributed by atoms with Crippen LogP contribution < -0.4 is 10.6 Å². The second kappa shape index (κ2) is 10.7. The molecule has 0 aliphatic carbocycles. The van der Waals surface area contributed by atoms with Crippen molar-refractivity contribution in [1.82, 2.24) is 14.8 Å². The Bertz CT molecular complexity index is 1160. The van der Waals surface area contributed by atoms with Gasteiger partial charge in [0, 0.05) is 18.4 Å². The quantitative estimate of drug-likeness (QED) is 0.439. The van der Waals surface area contributed by atoms with Crippen LogP contribution in [0.3, 0.4) is 0 Å². The van der Waals surface area contributed by atoms with Crippen molar-refractivity contribution in [3.8, 4) is 0 Å². The first-order valence-corrected chi connectivity index (χ1v) is 11.4. The average molecular weight is 492 g/mol. The van der Waals surface area contributed by atoms with Crippen LogP contribution in [0.15, 0.2) is 53.7 Å². The van der Waals surface area contributed by atoms with Crippen LogP contribution in [-0.4, -0.2) is 32.3 Å². The second-order valence-electron chi connectivity index (χ2n) is 7.87. The molecule has 0 saturated heterocycles. The molecule has 11 heteroatoms. The number of alkyl halides is 3. The summed E-state index contributed by atoms with van der Waals surface area (Å²) in [5.41, 5.74) is 1.06. The Kier molecular flexibility index (Phi) is 7.98. The number of carbonyl (C=O) groups excluding carboxylic acids is 2. The largest absolute Gasteiger partial charge is 0.416 e. The molecule has 0 fully saturated rings. The Morgan fingerprint density at radius 1 is 1.00 bits per heavy atom. The van der Waals surface area contributed by atoms with Crippen molar-refractivity contribution in [2.24, 2.45) is 7.05 Å². The van der Waals surface area contributed by atoms with E-state index in [1.54, 1.807) is 11.6 Å². The fraction of sp³-hybridized carbons (Fsp3) is 0.304. The normalized spacial score (nSPS) is 11.5. The number of hydrogen-bond donors (Lipinski definition) is 2. The van der Waals surface area contributed by atoms with E-state index >= 15 is 0 Å². The first kappa shape index (κ1) is 25.3. The van der Waals surface area contributed by atoms with Crippen molar-refractivity contribution in [1.29, 1.82) is 0 Å². The molecule has 2 aromatic carbocycles. The Labute approximate surface area is 199 Å². The van der Waals surface area contributed by atoms with Crippen molar-refractivity contribution in [2.45, 2.75) is 37.5 Å². The van der Waals surface area contributed by atoms with Crippen LogP contribution in [0.1, 0.15) is 36.7 Å². The maximum atomic E-state index is 12.8. The van der Waals surface area contributed by atoms with Gasteiger partial charge in [0.25, 0.3) is 0 Å². The van der Waals surface area contributed by atoms with E-state index in [1.807, 2.05) is 24.3 Å². The maximum Gasteiger partial charge on any atom is 0.416 e. The van der Waals surface area contributed by atoms with Gasteiger partial charge in [0.1, 0.15) is 5.82 Å². The molecule has 2 N–H and O–H groups in total. The first-order valence-electron chi connectivity index (χ1n) is 10.4. The van der Waals surface area contributed by atoms with Crippen molar-refractivity contribution >= 4 is 35.0 Å². The molecular formula is C23H24F3N5O2S. The summed E-state index contributed by atoms with van der Waals surface area (Å²) in [4.78, 5) is 24.6. The van der Waals surface area contributed by atoms with Crippen LogP contribution in [0.5, 0.6) is 0 Å². The molecule has 180 valence electrons. The lowest BCUT2D eigenvalue weighted by atomic mass is 10.0. The topological polar surface area (TPSA) is 88.9 Å². The predicted molar refractivity (Wildman–Crippen MR) is 125 cm³/mol. The molecule has 0 unspecified atom stereocenters. The van der Waals surface area contributed by atoms with Gasteiger partial charge in [0.15, 0.2) is 5.16 Å². The minimum atomic E-state index is -4.50. The molecule has 7 nitrogen and oxygen atoms in total. The number of halogens is 3. The van der Waals surface area contributed by atoms with E-state index in [2.05, 4.69) is 34.7 Å². The summed E-state index contributed by atoms with van der Waals surface area (Å²) >= 11 is 1.16. The third-order valence-electron chi connectivity index (χ3n) is 4.91. The molecule has 1 aromatic heterocycles. The lowest BCUT2D eigenvalue weighted by Crippen LogP contribution is -2.18. The van der Waals surface area contributed by atoms with Gasteiger partial charge in [0.05, 0.1) is 17.7 Å². The third-order valence-corrected chi connectivity index (χ3v) is 5.93. The van der Waals surface area contributed by atoms with Crippen LogP contribution in [0.25, 0.3) is 0 Å². The molecule has 3 rings (SSSR count). The highest BCUT2D eigenvalue weighted by Gasteiger charge is 2.30. The summed E-state index contributed by atoms with van der Waals surface area (Å²) in [5.74, 6) is 0.0613. The number of benzene rings is 2. The lowest BCUT2D eigenvalue weighted by Gasteiger charge is -2.10.